The van der Waals surface area contributed by atoms with Crippen LogP contribution in [0.15, 0.2) is 28.7 Å². The molecule has 0 aliphatic carbocycles. The molecule has 0 aliphatic heterocycles. The zero-order valence-electron chi connectivity index (χ0n) is 10.2. The molecule has 0 heterocycles. The number of nitrogen functional groups attached to an aromatic ring is 1. The second-order valence-corrected chi connectivity index (χ2v) is 5.70. The lowest BCUT2D eigenvalue weighted by atomic mass is 10.2. The van der Waals surface area contributed by atoms with Gasteiger partial charge in [0, 0.05) is 11.6 Å². The highest BCUT2D eigenvalue weighted by atomic mass is 79.9. The summed E-state index contributed by atoms with van der Waals surface area (Å²) in [6.45, 7) is 0. The molecule has 0 saturated heterocycles. The molecule has 2 aromatic carbocycles. The Bertz CT molecular complexity index is 717. The fourth-order valence-electron chi connectivity index (χ4n) is 1.55. The van der Waals surface area contributed by atoms with Gasteiger partial charge in [-0.2, -0.15) is 0 Å². The number of hydrogen-bond acceptors (Lipinski definition) is 2. The summed E-state index contributed by atoms with van der Waals surface area (Å²) in [5, 5.41) is 2.53. The van der Waals surface area contributed by atoms with Crippen LogP contribution in [-0.4, -0.2) is 5.91 Å². The van der Waals surface area contributed by atoms with Crippen molar-refractivity contribution < 1.29 is 13.6 Å². The minimum absolute atomic E-state index is 0.0212. The topological polar surface area (TPSA) is 55.1 Å². The molecule has 1 amide bonds. The number of anilines is 2. The van der Waals surface area contributed by atoms with Crippen LogP contribution in [0, 0.1) is 11.6 Å². The molecule has 110 valence electrons. The lowest BCUT2D eigenvalue weighted by Crippen LogP contribution is -2.13. The van der Waals surface area contributed by atoms with Crippen molar-refractivity contribution in [3.63, 3.8) is 0 Å². The summed E-state index contributed by atoms with van der Waals surface area (Å²) >= 11 is 14.5. The van der Waals surface area contributed by atoms with E-state index < -0.39 is 17.5 Å². The van der Waals surface area contributed by atoms with Gasteiger partial charge < -0.3 is 11.1 Å². The summed E-state index contributed by atoms with van der Waals surface area (Å²) < 4.78 is 26.7. The molecule has 21 heavy (non-hydrogen) atoms. The zero-order valence-corrected chi connectivity index (χ0v) is 13.3. The van der Waals surface area contributed by atoms with Crippen LogP contribution in [0.5, 0.6) is 0 Å². The highest BCUT2D eigenvalue weighted by Crippen LogP contribution is 2.30. The van der Waals surface area contributed by atoms with Crippen LogP contribution in [0.3, 0.4) is 0 Å². The van der Waals surface area contributed by atoms with E-state index in [9.17, 15) is 13.6 Å². The molecule has 0 aromatic heterocycles. The van der Waals surface area contributed by atoms with Gasteiger partial charge in [-0.05, 0) is 34.1 Å². The Morgan fingerprint density at radius 1 is 1.14 bits per heavy atom. The zero-order chi connectivity index (χ0) is 15.7. The summed E-state index contributed by atoms with van der Waals surface area (Å²) in [6.07, 6.45) is 0. The molecule has 0 radical (unpaired) electrons. The van der Waals surface area contributed by atoms with Gasteiger partial charge in [-0.15, -0.1) is 0 Å². The minimum Gasteiger partial charge on any atom is -0.397 e. The SMILES string of the molecule is Nc1cc(C(=O)Nc2cc(Br)c(F)cc2F)cc(Cl)c1Cl. The van der Waals surface area contributed by atoms with Gasteiger partial charge >= 0.3 is 0 Å². The second-order valence-electron chi connectivity index (χ2n) is 4.06. The smallest absolute Gasteiger partial charge is 0.255 e. The quantitative estimate of drug-likeness (QED) is 0.563. The van der Waals surface area contributed by atoms with Crippen LogP contribution in [0.1, 0.15) is 10.4 Å². The monoisotopic (exact) mass is 394 g/mol. The molecule has 0 spiro atoms. The number of rotatable bonds is 2. The Hall–Kier alpha value is -1.37. The number of hydrogen-bond donors (Lipinski definition) is 2. The van der Waals surface area contributed by atoms with Crippen molar-refractivity contribution in [2.45, 2.75) is 0 Å². The van der Waals surface area contributed by atoms with E-state index in [1.165, 1.54) is 12.1 Å². The molecule has 2 rings (SSSR count). The van der Waals surface area contributed by atoms with Gasteiger partial charge in [-0.3, -0.25) is 4.79 Å². The average Bonchev–Trinajstić information content (AvgIpc) is 2.41. The summed E-state index contributed by atoms with van der Waals surface area (Å²) in [5.41, 5.74) is 5.64. The summed E-state index contributed by atoms with van der Waals surface area (Å²) in [4.78, 5) is 12.0. The van der Waals surface area contributed by atoms with Crippen LogP contribution in [0.2, 0.25) is 10.0 Å². The average molecular weight is 396 g/mol. The number of carbonyl (C=O) groups excluding carboxylic acids is 1. The number of nitrogens with one attached hydrogen (secondary N) is 1. The van der Waals surface area contributed by atoms with Crippen LogP contribution < -0.4 is 11.1 Å². The maximum absolute atomic E-state index is 13.6. The predicted octanol–water partition coefficient (Wildman–Crippen LogP) is 4.87. The first-order chi connectivity index (χ1) is 9.79. The highest BCUT2D eigenvalue weighted by Gasteiger charge is 2.15. The Labute approximate surface area is 137 Å². The number of benzene rings is 2. The van der Waals surface area contributed by atoms with Crippen molar-refractivity contribution in [3.8, 4) is 0 Å². The van der Waals surface area contributed by atoms with Crippen LogP contribution in [0.25, 0.3) is 0 Å². The van der Waals surface area contributed by atoms with E-state index in [2.05, 4.69) is 21.2 Å². The van der Waals surface area contributed by atoms with Gasteiger partial charge in [0.25, 0.3) is 5.91 Å². The maximum atomic E-state index is 13.6. The molecule has 3 nitrogen and oxygen atoms in total. The molecule has 8 heteroatoms. The molecule has 0 saturated carbocycles. The largest absolute Gasteiger partial charge is 0.397 e. The van der Waals surface area contributed by atoms with Crippen molar-refractivity contribution in [2.75, 3.05) is 11.1 Å². The Morgan fingerprint density at radius 2 is 1.81 bits per heavy atom. The number of nitrogens with two attached hydrogens (primary N) is 1. The fourth-order valence-corrected chi connectivity index (χ4v) is 2.23. The maximum Gasteiger partial charge on any atom is 0.255 e. The Morgan fingerprint density at radius 3 is 2.43 bits per heavy atom. The third kappa shape index (κ3) is 3.45. The number of carbonyl (C=O) groups is 1. The first kappa shape index (κ1) is 16.0. The van der Waals surface area contributed by atoms with Crippen LogP contribution in [-0.2, 0) is 0 Å². The van der Waals surface area contributed by atoms with Gasteiger partial charge in [0.1, 0.15) is 11.6 Å². The first-order valence-electron chi connectivity index (χ1n) is 5.50. The van der Waals surface area contributed by atoms with E-state index in [1.807, 2.05) is 0 Å². The third-order valence-electron chi connectivity index (χ3n) is 2.58. The van der Waals surface area contributed by atoms with Gasteiger partial charge in [0.15, 0.2) is 0 Å². The normalized spacial score (nSPS) is 10.5. The molecular weight excluding hydrogens is 389 g/mol. The highest BCUT2D eigenvalue weighted by molar-refractivity contribution is 9.10. The van der Waals surface area contributed by atoms with E-state index in [-0.39, 0.29) is 31.5 Å². The predicted molar refractivity (Wildman–Crippen MR) is 82.9 cm³/mol. The molecular formula is C13H7BrCl2F2N2O. The molecule has 0 fully saturated rings. The second kappa shape index (κ2) is 6.17. The lowest BCUT2D eigenvalue weighted by molar-refractivity contribution is 0.102. The van der Waals surface area contributed by atoms with E-state index >= 15 is 0 Å². The molecule has 3 N–H and O–H groups in total. The Kier molecular flexibility index (Phi) is 4.70. The van der Waals surface area contributed by atoms with Gasteiger partial charge in [0.05, 0.1) is 25.9 Å². The summed E-state index contributed by atoms with van der Waals surface area (Å²) in [7, 11) is 0. The molecule has 0 atom stereocenters. The van der Waals surface area contributed by atoms with Crippen LogP contribution >= 0.6 is 39.1 Å². The van der Waals surface area contributed by atoms with Crippen molar-refractivity contribution in [1.29, 1.82) is 0 Å². The van der Waals surface area contributed by atoms with Gasteiger partial charge in [0.2, 0.25) is 0 Å². The van der Waals surface area contributed by atoms with Crippen molar-refractivity contribution in [3.05, 3.63) is 56.0 Å². The molecule has 0 unspecified atom stereocenters. The number of halogens is 5. The van der Waals surface area contributed by atoms with E-state index in [0.29, 0.717) is 6.07 Å². The van der Waals surface area contributed by atoms with Gasteiger partial charge in [-0.25, -0.2) is 8.78 Å². The van der Waals surface area contributed by atoms with Crippen molar-refractivity contribution in [1.82, 2.24) is 0 Å². The fraction of sp³-hybridized carbons (Fsp3) is 0. The standard InChI is InChI=1S/C13H7BrCl2F2N2O/c14-6-3-11(9(18)4-8(6)17)20-13(21)5-1-7(15)12(16)10(19)2-5/h1-4H,19H2,(H,20,21). The summed E-state index contributed by atoms with van der Waals surface area (Å²) in [6, 6.07) is 4.37. The van der Waals surface area contributed by atoms with Crippen molar-refractivity contribution in [2.24, 2.45) is 0 Å². The molecule has 2 aromatic rings. The minimum atomic E-state index is -0.905. The summed E-state index contributed by atoms with van der Waals surface area (Å²) in [5.74, 6) is -2.33. The molecule has 0 bridgehead atoms. The van der Waals surface area contributed by atoms with E-state index in [0.717, 1.165) is 6.07 Å². The van der Waals surface area contributed by atoms with Crippen LogP contribution in [0.4, 0.5) is 20.2 Å². The van der Waals surface area contributed by atoms with Gasteiger partial charge in [-0.1, -0.05) is 23.2 Å². The number of amides is 1. The van der Waals surface area contributed by atoms with Crippen molar-refractivity contribution >= 4 is 56.4 Å². The molecule has 0 aliphatic rings. The third-order valence-corrected chi connectivity index (χ3v) is 4.00. The Balaban J connectivity index is 2.32. The lowest BCUT2D eigenvalue weighted by Gasteiger charge is -2.09. The van der Waals surface area contributed by atoms with E-state index in [1.54, 1.807) is 0 Å². The first-order valence-corrected chi connectivity index (χ1v) is 7.05. The van der Waals surface area contributed by atoms with E-state index in [4.69, 9.17) is 28.9 Å².